The first kappa shape index (κ1) is 13.4. The van der Waals surface area contributed by atoms with Crippen molar-refractivity contribution in [3.05, 3.63) is 33.7 Å². The molecule has 0 aliphatic heterocycles. The van der Waals surface area contributed by atoms with Crippen molar-refractivity contribution in [3.63, 3.8) is 0 Å². The number of halogens is 1. The molecule has 1 atom stereocenters. The van der Waals surface area contributed by atoms with Gasteiger partial charge in [-0.25, -0.2) is 0 Å². The van der Waals surface area contributed by atoms with E-state index in [0.717, 1.165) is 24.5 Å². The van der Waals surface area contributed by atoms with Crippen molar-refractivity contribution in [2.24, 2.45) is 0 Å². The molecule has 96 valence electrons. The highest BCUT2D eigenvalue weighted by Gasteiger charge is 2.14. The van der Waals surface area contributed by atoms with E-state index in [2.05, 4.69) is 63.3 Å². The summed E-state index contributed by atoms with van der Waals surface area (Å²) in [6.45, 7) is 5.17. The van der Waals surface area contributed by atoms with Crippen LogP contribution in [0.15, 0.2) is 24.3 Å². The number of tetrazole rings is 1. The summed E-state index contributed by atoms with van der Waals surface area (Å²) in [4.78, 5) is 0. The van der Waals surface area contributed by atoms with Crippen molar-refractivity contribution in [2.45, 2.75) is 26.3 Å². The Morgan fingerprint density at radius 3 is 3.00 bits per heavy atom. The monoisotopic (exact) mass is 357 g/mol. The quantitative estimate of drug-likeness (QED) is 0.835. The van der Waals surface area contributed by atoms with E-state index in [1.807, 2.05) is 18.2 Å². The smallest absolute Gasteiger partial charge is 0.173 e. The van der Waals surface area contributed by atoms with Gasteiger partial charge in [-0.1, -0.05) is 13.0 Å². The summed E-state index contributed by atoms with van der Waals surface area (Å²) in [7, 11) is 0. The summed E-state index contributed by atoms with van der Waals surface area (Å²) in [6.07, 6.45) is 1.09. The first-order valence-corrected chi connectivity index (χ1v) is 7.08. The Hall–Kier alpha value is -1.02. The maximum atomic E-state index is 4.11. The summed E-state index contributed by atoms with van der Waals surface area (Å²) >= 11 is 2.28. The van der Waals surface area contributed by atoms with Crippen LogP contribution in [-0.4, -0.2) is 26.8 Å². The summed E-state index contributed by atoms with van der Waals surface area (Å²) < 4.78 is 2.95. The molecule has 2 rings (SSSR count). The van der Waals surface area contributed by atoms with E-state index in [1.165, 1.54) is 3.57 Å². The molecule has 0 bridgehead atoms. The first-order valence-electron chi connectivity index (χ1n) is 6.00. The summed E-state index contributed by atoms with van der Waals surface area (Å²) in [5.41, 5.74) is 0.993. The van der Waals surface area contributed by atoms with Crippen LogP contribution >= 0.6 is 22.6 Å². The van der Waals surface area contributed by atoms with Gasteiger partial charge in [-0.15, -0.1) is 5.10 Å². The van der Waals surface area contributed by atoms with E-state index < -0.39 is 0 Å². The topological polar surface area (TPSA) is 55.6 Å². The normalized spacial score (nSPS) is 12.6. The van der Waals surface area contributed by atoms with Crippen molar-refractivity contribution in [1.82, 2.24) is 25.5 Å². The Balaban J connectivity index is 2.27. The summed E-state index contributed by atoms with van der Waals surface area (Å²) in [5.74, 6) is 0.838. The first-order chi connectivity index (χ1) is 8.72. The molecule has 0 aliphatic rings. The molecule has 5 nitrogen and oxygen atoms in total. The van der Waals surface area contributed by atoms with Crippen LogP contribution in [0.25, 0.3) is 5.69 Å². The minimum Gasteiger partial charge on any atom is -0.307 e. The fourth-order valence-electron chi connectivity index (χ4n) is 1.71. The fraction of sp³-hybridized carbons (Fsp3) is 0.417. The minimum atomic E-state index is 0.137. The van der Waals surface area contributed by atoms with Gasteiger partial charge in [-0.3, -0.25) is 0 Å². The molecule has 0 saturated heterocycles. The molecule has 18 heavy (non-hydrogen) atoms. The maximum Gasteiger partial charge on any atom is 0.173 e. The van der Waals surface area contributed by atoms with E-state index in [0.29, 0.717) is 0 Å². The molecule has 1 aromatic carbocycles. The number of nitrogens with zero attached hydrogens (tertiary/aromatic N) is 4. The number of hydrogen-bond acceptors (Lipinski definition) is 4. The van der Waals surface area contributed by atoms with Gasteiger partial charge >= 0.3 is 0 Å². The SMILES string of the molecule is CCCNC(C)c1nnnn1-c1cccc(I)c1. The number of benzene rings is 1. The molecule has 1 aromatic heterocycles. The van der Waals surface area contributed by atoms with E-state index in [4.69, 9.17) is 0 Å². The maximum absolute atomic E-state index is 4.11. The van der Waals surface area contributed by atoms with Crippen molar-refractivity contribution < 1.29 is 0 Å². The molecule has 0 aliphatic carbocycles. The third kappa shape index (κ3) is 3.05. The molecule has 0 spiro atoms. The summed E-state index contributed by atoms with van der Waals surface area (Å²) in [5, 5.41) is 15.4. The molecule has 0 saturated carbocycles. The molecular weight excluding hydrogens is 341 g/mol. The van der Waals surface area contributed by atoms with E-state index in [-0.39, 0.29) is 6.04 Å². The van der Waals surface area contributed by atoms with Crippen LogP contribution in [0.2, 0.25) is 0 Å². The second-order valence-corrected chi connectivity index (χ2v) is 5.35. The Labute approximate surface area is 120 Å². The van der Waals surface area contributed by atoms with Crippen molar-refractivity contribution in [2.75, 3.05) is 6.54 Å². The van der Waals surface area contributed by atoms with E-state index in [9.17, 15) is 0 Å². The summed E-state index contributed by atoms with van der Waals surface area (Å²) in [6, 6.07) is 8.26. The van der Waals surface area contributed by atoms with Gasteiger partial charge in [0.25, 0.3) is 0 Å². The zero-order chi connectivity index (χ0) is 13.0. The predicted octanol–water partition coefficient (Wildman–Crippen LogP) is 2.33. The van der Waals surface area contributed by atoms with E-state index >= 15 is 0 Å². The van der Waals surface area contributed by atoms with Crippen molar-refractivity contribution >= 4 is 22.6 Å². The number of hydrogen-bond donors (Lipinski definition) is 1. The van der Waals surface area contributed by atoms with Gasteiger partial charge < -0.3 is 5.32 Å². The molecule has 0 amide bonds. The largest absolute Gasteiger partial charge is 0.307 e. The predicted molar refractivity (Wildman–Crippen MR) is 78.6 cm³/mol. The van der Waals surface area contributed by atoms with Crippen LogP contribution in [0.3, 0.4) is 0 Å². The third-order valence-electron chi connectivity index (χ3n) is 2.63. The fourth-order valence-corrected chi connectivity index (χ4v) is 2.23. The molecule has 6 heteroatoms. The molecular formula is C12H16IN5. The second-order valence-electron chi connectivity index (χ2n) is 4.10. The second kappa shape index (κ2) is 6.24. The van der Waals surface area contributed by atoms with Gasteiger partial charge in [0.1, 0.15) is 0 Å². The lowest BCUT2D eigenvalue weighted by atomic mass is 10.2. The van der Waals surface area contributed by atoms with E-state index in [1.54, 1.807) is 4.68 Å². The molecule has 1 unspecified atom stereocenters. The highest BCUT2D eigenvalue weighted by atomic mass is 127. The van der Waals surface area contributed by atoms with Gasteiger partial charge in [-0.2, -0.15) is 4.68 Å². The average Bonchev–Trinajstić information content (AvgIpc) is 2.85. The highest BCUT2D eigenvalue weighted by molar-refractivity contribution is 14.1. The number of aromatic nitrogens is 4. The zero-order valence-electron chi connectivity index (χ0n) is 10.5. The number of nitrogens with one attached hydrogen (secondary N) is 1. The van der Waals surface area contributed by atoms with Crippen LogP contribution in [0.1, 0.15) is 32.1 Å². The average molecular weight is 357 g/mol. The standard InChI is InChI=1S/C12H16IN5/c1-3-7-14-9(2)12-15-16-17-18(12)11-6-4-5-10(13)8-11/h4-6,8-9,14H,3,7H2,1-2H3. The van der Waals surface area contributed by atoms with Gasteiger partial charge in [0.15, 0.2) is 5.82 Å². The van der Waals surface area contributed by atoms with Crippen LogP contribution in [0.4, 0.5) is 0 Å². The van der Waals surface area contributed by atoms with Crippen molar-refractivity contribution in [3.8, 4) is 5.69 Å². The minimum absolute atomic E-state index is 0.137. The zero-order valence-corrected chi connectivity index (χ0v) is 12.6. The van der Waals surface area contributed by atoms with Gasteiger partial charge in [0, 0.05) is 3.57 Å². The lowest BCUT2D eigenvalue weighted by Crippen LogP contribution is -2.22. The molecule has 0 radical (unpaired) electrons. The van der Waals surface area contributed by atoms with Crippen LogP contribution in [0.5, 0.6) is 0 Å². The Kier molecular flexibility index (Phi) is 4.65. The lowest BCUT2D eigenvalue weighted by Gasteiger charge is -2.12. The van der Waals surface area contributed by atoms with Crippen LogP contribution in [-0.2, 0) is 0 Å². The van der Waals surface area contributed by atoms with Crippen molar-refractivity contribution in [1.29, 1.82) is 0 Å². The lowest BCUT2D eigenvalue weighted by molar-refractivity contribution is 0.531. The molecule has 1 N–H and O–H groups in total. The Morgan fingerprint density at radius 2 is 2.28 bits per heavy atom. The molecule has 0 fully saturated rings. The Bertz CT molecular complexity index is 511. The van der Waals surface area contributed by atoms with Gasteiger partial charge in [-0.05, 0) is 71.1 Å². The van der Waals surface area contributed by atoms with Gasteiger partial charge in [0.2, 0.25) is 0 Å². The Morgan fingerprint density at radius 1 is 1.44 bits per heavy atom. The van der Waals surface area contributed by atoms with Crippen LogP contribution in [0, 0.1) is 3.57 Å². The van der Waals surface area contributed by atoms with Gasteiger partial charge in [0.05, 0.1) is 11.7 Å². The van der Waals surface area contributed by atoms with Crippen LogP contribution < -0.4 is 5.32 Å². The molecule has 1 heterocycles. The number of rotatable bonds is 5. The third-order valence-corrected chi connectivity index (χ3v) is 3.31. The highest BCUT2D eigenvalue weighted by Crippen LogP contribution is 2.16. The molecule has 2 aromatic rings.